The topological polar surface area (TPSA) is 130 Å². The van der Waals surface area contributed by atoms with Gasteiger partial charge < -0.3 is 24.9 Å². The van der Waals surface area contributed by atoms with Crippen molar-refractivity contribution in [1.29, 1.82) is 0 Å². The average molecular weight is 522 g/mol. The molecule has 196 valence electrons. The molecule has 36 heavy (non-hydrogen) atoms. The summed E-state index contributed by atoms with van der Waals surface area (Å²) in [6.07, 6.45) is 0.853. The second kappa shape index (κ2) is 12.2. The number of rotatable bonds is 13. The number of aliphatic hydroxyl groups is 1. The smallest absolute Gasteiger partial charge is 0.306 e. The summed E-state index contributed by atoms with van der Waals surface area (Å²) in [5, 5.41) is 14.5. The van der Waals surface area contributed by atoms with Crippen LogP contribution < -0.4 is 14.8 Å². The number of halogens is 1. The summed E-state index contributed by atoms with van der Waals surface area (Å²) < 4.78 is 49.5. The lowest BCUT2D eigenvalue weighted by Gasteiger charge is -2.14. The van der Waals surface area contributed by atoms with Crippen LogP contribution in [0.1, 0.15) is 36.3 Å². The predicted octanol–water partition coefficient (Wildman–Crippen LogP) is 3.18. The molecule has 0 aliphatic heterocycles. The third-order valence-corrected chi connectivity index (χ3v) is 6.16. The van der Waals surface area contributed by atoms with Gasteiger partial charge in [0.05, 0.1) is 31.1 Å². The van der Waals surface area contributed by atoms with Crippen LogP contribution in [0.3, 0.4) is 0 Å². The molecule has 0 bridgehead atoms. The molecule has 1 atom stereocenters. The number of esters is 1. The van der Waals surface area contributed by atoms with Crippen LogP contribution in [0.4, 0.5) is 10.1 Å². The summed E-state index contributed by atoms with van der Waals surface area (Å²) in [6.45, 7) is 5.13. The molecule has 0 aliphatic rings. The second-order valence-electron chi connectivity index (χ2n) is 8.42. The molecule has 3 rings (SSSR count). The Kier molecular flexibility index (Phi) is 9.30. The summed E-state index contributed by atoms with van der Waals surface area (Å²) in [7, 11) is -3.64. The first-order valence-corrected chi connectivity index (χ1v) is 13.5. The normalized spacial score (nSPS) is 12.5. The fourth-order valence-corrected chi connectivity index (χ4v) is 4.35. The third kappa shape index (κ3) is 7.67. The third-order valence-electron chi connectivity index (χ3n) is 5.57. The van der Waals surface area contributed by atoms with Crippen LogP contribution in [0, 0.1) is 12.7 Å². The van der Waals surface area contributed by atoms with E-state index in [2.05, 4.69) is 15.0 Å². The quantitative estimate of drug-likeness (QED) is 0.201. The highest BCUT2D eigenvalue weighted by molar-refractivity contribution is 7.92. The summed E-state index contributed by atoms with van der Waals surface area (Å²) in [6, 6.07) is 9.53. The monoisotopic (exact) mass is 521 g/mol. The second-order valence-corrected chi connectivity index (χ2v) is 10.2. The summed E-state index contributed by atoms with van der Waals surface area (Å²) in [5.74, 6) is -0.265. The lowest BCUT2D eigenvalue weighted by molar-refractivity contribution is -0.143. The first-order chi connectivity index (χ1) is 17.1. The number of hydrogen-bond donors (Lipinski definition) is 4. The molecular formula is C25H32FN3O6S. The molecule has 0 saturated carbocycles. The van der Waals surface area contributed by atoms with Crippen molar-refractivity contribution in [2.45, 2.75) is 32.8 Å². The molecule has 1 aromatic heterocycles. The standard InChI is InChI=1S/C25H32FN3O6S/c1-4-34-25(31)10-9-21-16(2)19-7-6-18(14-22(19)28-21)35-12-11-27-15-24(30)17-5-8-20(26)23(13-17)29-36(3,32)33/h5-8,13-14,24,27-30H,4,9-12,15H2,1-3H3/t24-/m0/s1. The van der Waals surface area contributed by atoms with E-state index in [9.17, 15) is 22.7 Å². The van der Waals surface area contributed by atoms with Gasteiger partial charge in [-0.1, -0.05) is 6.07 Å². The zero-order valence-corrected chi connectivity index (χ0v) is 21.4. The van der Waals surface area contributed by atoms with E-state index in [1.807, 2.05) is 25.1 Å². The first kappa shape index (κ1) is 27.4. The summed E-state index contributed by atoms with van der Waals surface area (Å²) >= 11 is 0. The molecule has 0 amide bonds. The van der Waals surface area contributed by atoms with Crippen molar-refractivity contribution in [3.05, 3.63) is 59.0 Å². The predicted molar refractivity (Wildman–Crippen MR) is 136 cm³/mol. The maximum Gasteiger partial charge on any atom is 0.306 e. The van der Waals surface area contributed by atoms with Gasteiger partial charge in [-0.25, -0.2) is 12.8 Å². The van der Waals surface area contributed by atoms with E-state index in [1.165, 1.54) is 12.1 Å². The van der Waals surface area contributed by atoms with Crippen molar-refractivity contribution < 1.29 is 32.2 Å². The Bertz CT molecular complexity index is 1310. The molecule has 11 heteroatoms. The van der Waals surface area contributed by atoms with Crippen LogP contribution in [0.25, 0.3) is 10.9 Å². The molecule has 2 aromatic carbocycles. The first-order valence-electron chi connectivity index (χ1n) is 11.6. The Hall–Kier alpha value is -3.15. The highest BCUT2D eigenvalue weighted by Crippen LogP contribution is 2.26. The van der Waals surface area contributed by atoms with Crippen molar-refractivity contribution in [1.82, 2.24) is 10.3 Å². The van der Waals surface area contributed by atoms with Gasteiger partial charge in [0, 0.05) is 35.8 Å². The number of aromatic nitrogens is 1. The average Bonchev–Trinajstić information content (AvgIpc) is 3.13. The largest absolute Gasteiger partial charge is 0.492 e. The zero-order valence-electron chi connectivity index (χ0n) is 20.6. The number of anilines is 1. The van der Waals surface area contributed by atoms with Gasteiger partial charge in [0.1, 0.15) is 18.2 Å². The molecule has 0 fully saturated rings. The van der Waals surface area contributed by atoms with Gasteiger partial charge >= 0.3 is 5.97 Å². The number of aliphatic hydroxyl groups excluding tert-OH is 1. The molecule has 9 nitrogen and oxygen atoms in total. The van der Waals surface area contributed by atoms with Crippen LogP contribution in [0.5, 0.6) is 5.75 Å². The molecule has 4 N–H and O–H groups in total. The number of carbonyl (C=O) groups is 1. The van der Waals surface area contributed by atoms with Crippen molar-refractivity contribution >= 4 is 32.6 Å². The highest BCUT2D eigenvalue weighted by atomic mass is 32.2. The Balaban J connectivity index is 1.49. The van der Waals surface area contributed by atoms with E-state index in [-0.39, 0.29) is 18.2 Å². The summed E-state index contributed by atoms with van der Waals surface area (Å²) in [5.41, 5.74) is 3.16. The fraction of sp³-hybridized carbons (Fsp3) is 0.400. The van der Waals surface area contributed by atoms with Gasteiger partial charge in [-0.05, 0) is 55.7 Å². The van der Waals surface area contributed by atoms with E-state index in [1.54, 1.807) is 6.92 Å². The Morgan fingerprint density at radius 1 is 1.22 bits per heavy atom. The Morgan fingerprint density at radius 3 is 2.72 bits per heavy atom. The van der Waals surface area contributed by atoms with Crippen LogP contribution in [0.2, 0.25) is 0 Å². The number of sulfonamides is 1. The van der Waals surface area contributed by atoms with Crippen LogP contribution in [-0.4, -0.2) is 57.0 Å². The number of benzene rings is 2. The van der Waals surface area contributed by atoms with E-state index >= 15 is 0 Å². The molecule has 0 spiro atoms. The van der Waals surface area contributed by atoms with E-state index < -0.39 is 21.9 Å². The maximum absolute atomic E-state index is 13.8. The van der Waals surface area contributed by atoms with Crippen molar-refractivity contribution in [3.63, 3.8) is 0 Å². The fourth-order valence-electron chi connectivity index (χ4n) is 3.80. The number of nitrogens with one attached hydrogen (secondary N) is 3. The molecule has 0 saturated heterocycles. The number of H-pyrrole nitrogens is 1. The van der Waals surface area contributed by atoms with Gasteiger partial charge in [-0.3, -0.25) is 9.52 Å². The maximum atomic E-state index is 13.8. The minimum Gasteiger partial charge on any atom is -0.492 e. The van der Waals surface area contributed by atoms with E-state index in [4.69, 9.17) is 9.47 Å². The molecule has 1 heterocycles. The number of ether oxygens (including phenoxy) is 2. The highest BCUT2D eigenvalue weighted by Gasteiger charge is 2.14. The minimum absolute atomic E-state index is 0.173. The van der Waals surface area contributed by atoms with Gasteiger partial charge in [0.25, 0.3) is 0 Å². The van der Waals surface area contributed by atoms with Gasteiger partial charge in [-0.15, -0.1) is 0 Å². The number of carbonyl (C=O) groups excluding carboxylic acids is 1. The SMILES string of the molecule is CCOC(=O)CCc1[nH]c2cc(OCCNC[C@H](O)c3ccc(F)c(NS(C)(=O)=O)c3)ccc2c1C. The molecular weight excluding hydrogens is 489 g/mol. The lowest BCUT2D eigenvalue weighted by atomic mass is 10.1. The molecule has 0 aliphatic carbocycles. The van der Waals surface area contributed by atoms with Crippen molar-refractivity contribution in [2.75, 3.05) is 37.3 Å². The van der Waals surface area contributed by atoms with Crippen LogP contribution in [0.15, 0.2) is 36.4 Å². The van der Waals surface area contributed by atoms with Gasteiger partial charge in [0.15, 0.2) is 0 Å². The lowest BCUT2D eigenvalue weighted by Crippen LogP contribution is -2.26. The number of aryl methyl sites for hydroxylation is 2. The van der Waals surface area contributed by atoms with E-state index in [0.717, 1.165) is 34.5 Å². The van der Waals surface area contributed by atoms with Gasteiger partial charge in [-0.2, -0.15) is 0 Å². The van der Waals surface area contributed by atoms with Crippen molar-refractivity contribution in [3.8, 4) is 5.75 Å². The molecule has 0 unspecified atom stereocenters. The molecule has 3 aromatic rings. The minimum atomic E-state index is -3.64. The Morgan fingerprint density at radius 2 is 2.00 bits per heavy atom. The van der Waals surface area contributed by atoms with Crippen molar-refractivity contribution in [2.24, 2.45) is 0 Å². The zero-order chi connectivity index (χ0) is 26.3. The molecule has 0 radical (unpaired) electrons. The number of hydrogen-bond acceptors (Lipinski definition) is 7. The van der Waals surface area contributed by atoms with E-state index in [0.29, 0.717) is 43.9 Å². The van der Waals surface area contributed by atoms with Crippen LogP contribution in [-0.2, 0) is 26.0 Å². The van der Waals surface area contributed by atoms with Crippen LogP contribution >= 0.6 is 0 Å². The van der Waals surface area contributed by atoms with Gasteiger partial charge in [0.2, 0.25) is 10.0 Å². The number of aromatic amines is 1. The Labute approximate surface area is 210 Å². The number of fused-ring (bicyclic) bond motifs is 1. The summed E-state index contributed by atoms with van der Waals surface area (Å²) in [4.78, 5) is 15.0.